The molecule has 2 nitrogen and oxygen atoms in total. The van der Waals surface area contributed by atoms with Crippen molar-refractivity contribution >= 4 is 34.0 Å². The quantitative estimate of drug-likeness (QED) is 0.473. The Morgan fingerprint density at radius 3 is 2.30 bits per heavy atom. The lowest BCUT2D eigenvalue weighted by atomic mass is 10.1. The molecule has 0 unspecified atom stereocenters. The maximum atomic E-state index is 5.27. The minimum absolute atomic E-state index is 0.780. The van der Waals surface area contributed by atoms with E-state index >= 15 is 0 Å². The van der Waals surface area contributed by atoms with Gasteiger partial charge in [-0.25, -0.2) is 0 Å². The molecule has 0 fully saturated rings. The number of thioether (sulfide) groups is 1. The number of hydrogen-bond acceptors (Lipinski definition) is 3. The van der Waals surface area contributed by atoms with Crippen LogP contribution in [0, 0.1) is 0 Å². The molecule has 0 saturated carbocycles. The zero-order valence-corrected chi connectivity index (χ0v) is 12.8. The predicted molar refractivity (Wildman–Crippen MR) is 93.0 cm³/mol. The van der Waals surface area contributed by atoms with Crippen LogP contribution >= 0.6 is 24.0 Å². The standard InChI is InChI=1S/C16H18N2S2/c19-16(18-17-15-11-5-2-6-12-15)20-13-7-10-14-8-3-1-4-9-14/h1-6,8-9,11-12,17H,7,10,13H2,(H,18,19). The van der Waals surface area contributed by atoms with Gasteiger partial charge in [-0.1, -0.05) is 72.5 Å². The number of hydrazine groups is 1. The molecule has 4 heteroatoms. The molecule has 2 N–H and O–H groups in total. The molecular formula is C16H18N2S2. The molecule has 0 amide bonds. The van der Waals surface area contributed by atoms with Crippen LogP contribution in [-0.4, -0.2) is 10.1 Å². The molecule has 0 aliphatic rings. The van der Waals surface area contributed by atoms with Gasteiger partial charge < -0.3 is 0 Å². The Kier molecular flexibility index (Phi) is 6.41. The van der Waals surface area contributed by atoms with Crippen LogP contribution in [0.4, 0.5) is 5.69 Å². The van der Waals surface area contributed by atoms with Crippen molar-refractivity contribution in [1.82, 2.24) is 5.43 Å². The summed E-state index contributed by atoms with van der Waals surface area (Å²) in [5.74, 6) is 1.02. The molecule has 0 heterocycles. The van der Waals surface area contributed by atoms with Crippen LogP contribution in [0.15, 0.2) is 60.7 Å². The van der Waals surface area contributed by atoms with Crippen molar-refractivity contribution in [2.75, 3.05) is 11.2 Å². The predicted octanol–water partition coefficient (Wildman–Crippen LogP) is 4.25. The van der Waals surface area contributed by atoms with Crippen LogP contribution in [0.1, 0.15) is 12.0 Å². The second kappa shape index (κ2) is 8.61. The molecule has 104 valence electrons. The van der Waals surface area contributed by atoms with Crippen molar-refractivity contribution in [2.24, 2.45) is 0 Å². The number of benzene rings is 2. The number of rotatable bonds is 6. The van der Waals surface area contributed by atoms with E-state index in [1.54, 1.807) is 11.8 Å². The first-order valence-electron chi connectivity index (χ1n) is 6.62. The number of hydrogen-bond donors (Lipinski definition) is 2. The number of anilines is 1. The van der Waals surface area contributed by atoms with E-state index in [1.807, 2.05) is 36.4 Å². The van der Waals surface area contributed by atoms with E-state index in [4.69, 9.17) is 12.2 Å². The fraction of sp³-hybridized carbons (Fsp3) is 0.188. The van der Waals surface area contributed by atoms with Gasteiger partial charge in [-0.3, -0.25) is 10.9 Å². The molecular weight excluding hydrogens is 284 g/mol. The lowest BCUT2D eigenvalue weighted by Crippen LogP contribution is -2.25. The van der Waals surface area contributed by atoms with Crippen LogP contribution in [0.25, 0.3) is 0 Å². The SMILES string of the molecule is S=C(NNc1ccccc1)SCCCc1ccccc1. The average molecular weight is 302 g/mol. The average Bonchev–Trinajstić information content (AvgIpc) is 2.52. The zero-order chi connectivity index (χ0) is 14.0. The molecule has 0 aromatic heterocycles. The molecule has 0 aliphatic heterocycles. The van der Waals surface area contributed by atoms with E-state index in [9.17, 15) is 0 Å². The van der Waals surface area contributed by atoms with Crippen LogP contribution in [0.3, 0.4) is 0 Å². The Hall–Kier alpha value is -1.52. The second-order valence-corrected chi connectivity index (χ2v) is 6.11. The summed E-state index contributed by atoms with van der Waals surface area (Å²) in [7, 11) is 0. The first-order valence-corrected chi connectivity index (χ1v) is 8.02. The van der Waals surface area contributed by atoms with Crippen molar-refractivity contribution in [3.05, 3.63) is 66.2 Å². The molecule has 2 aromatic rings. The first kappa shape index (κ1) is 14.9. The van der Waals surface area contributed by atoms with Crippen LogP contribution < -0.4 is 10.9 Å². The summed E-state index contributed by atoms with van der Waals surface area (Å²) in [5, 5.41) is 0. The minimum atomic E-state index is 0.780. The van der Waals surface area contributed by atoms with Gasteiger partial charge in [-0.15, -0.1) is 0 Å². The van der Waals surface area contributed by atoms with Gasteiger partial charge in [0.2, 0.25) is 0 Å². The normalized spacial score (nSPS) is 10.0. The number of aryl methyl sites for hydroxylation is 1. The Labute approximate surface area is 130 Å². The molecule has 2 aromatic carbocycles. The van der Waals surface area contributed by atoms with Crippen molar-refractivity contribution in [3.63, 3.8) is 0 Å². The van der Waals surface area contributed by atoms with E-state index in [1.165, 1.54) is 5.56 Å². The highest BCUT2D eigenvalue weighted by Crippen LogP contribution is 2.09. The van der Waals surface area contributed by atoms with Gasteiger partial charge >= 0.3 is 0 Å². The molecule has 0 aliphatic carbocycles. The van der Waals surface area contributed by atoms with Crippen molar-refractivity contribution in [2.45, 2.75) is 12.8 Å². The number of thiocarbonyl (C=S) groups is 1. The summed E-state index contributed by atoms with van der Waals surface area (Å²) in [5.41, 5.74) is 8.53. The molecule has 0 saturated heterocycles. The Balaban J connectivity index is 1.59. The van der Waals surface area contributed by atoms with Gasteiger partial charge in [0.15, 0.2) is 4.32 Å². The smallest absolute Gasteiger partial charge is 0.152 e. The third-order valence-electron chi connectivity index (χ3n) is 2.77. The minimum Gasteiger partial charge on any atom is -0.300 e. The van der Waals surface area contributed by atoms with Crippen molar-refractivity contribution in [3.8, 4) is 0 Å². The first-order chi connectivity index (χ1) is 9.84. The fourth-order valence-electron chi connectivity index (χ4n) is 1.77. The van der Waals surface area contributed by atoms with Crippen LogP contribution in [0.2, 0.25) is 0 Å². The zero-order valence-electron chi connectivity index (χ0n) is 11.2. The molecule has 0 radical (unpaired) electrons. The van der Waals surface area contributed by atoms with Crippen LogP contribution in [0.5, 0.6) is 0 Å². The summed E-state index contributed by atoms with van der Waals surface area (Å²) in [6.07, 6.45) is 2.23. The summed E-state index contributed by atoms with van der Waals surface area (Å²) in [6, 6.07) is 20.5. The molecule has 0 bridgehead atoms. The van der Waals surface area contributed by atoms with Gasteiger partial charge in [0.05, 0.1) is 5.69 Å². The maximum absolute atomic E-state index is 5.27. The third-order valence-corrected chi connectivity index (χ3v) is 4.08. The van der Waals surface area contributed by atoms with Crippen molar-refractivity contribution < 1.29 is 0 Å². The van der Waals surface area contributed by atoms with Gasteiger partial charge in [-0.05, 0) is 30.5 Å². The summed E-state index contributed by atoms with van der Waals surface area (Å²) >= 11 is 6.95. The van der Waals surface area contributed by atoms with E-state index in [0.717, 1.165) is 28.6 Å². The number of para-hydroxylation sites is 1. The summed E-state index contributed by atoms with van der Waals surface area (Å²) in [4.78, 5) is 0. The second-order valence-electron chi connectivity index (χ2n) is 4.34. The van der Waals surface area contributed by atoms with E-state index in [-0.39, 0.29) is 0 Å². The van der Waals surface area contributed by atoms with Crippen LogP contribution in [-0.2, 0) is 6.42 Å². The highest BCUT2D eigenvalue weighted by atomic mass is 32.2. The van der Waals surface area contributed by atoms with Gasteiger partial charge in [0.25, 0.3) is 0 Å². The summed E-state index contributed by atoms with van der Waals surface area (Å²) in [6.45, 7) is 0. The molecule has 0 atom stereocenters. The van der Waals surface area contributed by atoms with E-state index < -0.39 is 0 Å². The monoisotopic (exact) mass is 302 g/mol. The third kappa shape index (κ3) is 5.63. The van der Waals surface area contributed by atoms with Gasteiger partial charge in [-0.2, -0.15) is 0 Å². The number of nitrogens with one attached hydrogen (secondary N) is 2. The Bertz CT molecular complexity index is 515. The maximum Gasteiger partial charge on any atom is 0.152 e. The lowest BCUT2D eigenvalue weighted by Gasteiger charge is -2.10. The molecule has 2 rings (SSSR count). The van der Waals surface area contributed by atoms with Crippen molar-refractivity contribution in [1.29, 1.82) is 0 Å². The van der Waals surface area contributed by atoms with E-state index in [2.05, 4.69) is 35.1 Å². The largest absolute Gasteiger partial charge is 0.300 e. The highest BCUT2D eigenvalue weighted by Gasteiger charge is 1.98. The highest BCUT2D eigenvalue weighted by molar-refractivity contribution is 8.22. The lowest BCUT2D eigenvalue weighted by molar-refractivity contribution is 0.935. The summed E-state index contributed by atoms with van der Waals surface area (Å²) < 4.78 is 0.780. The topological polar surface area (TPSA) is 24.1 Å². The fourth-order valence-corrected chi connectivity index (χ4v) is 2.66. The van der Waals surface area contributed by atoms with E-state index in [0.29, 0.717) is 0 Å². The Morgan fingerprint density at radius 1 is 0.950 bits per heavy atom. The Morgan fingerprint density at radius 2 is 1.60 bits per heavy atom. The molecule has 0 spiro atoms. The van der Waals surface area contributed by atoms with Gasteiger partial charge in [0.1, 0.15) is 0 Å². The van der Waals surface area contributed by atoms with Gasteiger partial charge in [0, 0.05) is 5.75 Å². The molecule has 20 heavy (non-hydrogen) atoms.